The zero-order valence-electron chi connectivity index (χ0n) is 11.4. The van der Waals surface area contributed by atoms with Crippen molar-refractivity contribution < 1.29 is 4.39 Å². The summed E-state index contributed by atoms with van der Waals surface area (Å²) in [6.45, 7) is 3.75. The Kier molecular flexibility index (Phi) is 3.64. The Bertz CT molecular complexity index is 733. The smallest absolute Gasteiger partial charge is 0.330 e. The zero-order chi connectivity index (χ0) is 15.2. The van der Waals surface area contributed by atoms with E-state index in [1.807, 2.05) is 13.8 Å². The second-order valence-electron chi connectivity index (χ2n) is 4.89. The van der Waals surface area contributed by atoms with Gasteiger partial charge in [-0.25, -0.2) is 9.18 Å². The fourth-order valence-electron chi connectivity index (χ4n) is 2.16. The Labute approximate surface area is 124 Å². The Balaban J connectivity index is 2.86. The van der Waals surface area contributed by atoms with Crippen molar-refractivity contribution in [1.29, 1.82) is 0 Å². The van der Waals surface area contributed by atoms with Gasteiger partial charge in [-0.15, -0.1) is 0 Å². The van der Waals surface area contributed by atoms with Crippen molar-refractivity contribution in [1.82, 2.24) is 9.13 Å². The molecule has 0 spiro atoms. The molecule has 108 valence electrons. The van der Waals surface area contributed by atoms with Crippen LogP contribution in [0.5, 0.6) is 0 Å². The molecule has 2 rings (SSSR count). The number of nitrogen functional groups attached to an aromatic ring is 2. The van der Waals surface area contributed by atoms with E-state index in [9.17, 15) is 9.18 Å². The quantitative estimate of drug-likeness (QED) is 0.823. The summed E-state index contributed by atoms with van der Waals surface area (Å²) < 4.78 is 16.7. The number of hydrogen-bond acceptors (Lipinski definition) is 3. The molecule has 1 aromatic carbocycles. The van der Waals surface area contributed by atoms with Gasteiger partial charge in [0.15, 0.2) is 0 Å². The molecule has 4 N–H and O–H groups in total. The summed E-state index contributed by atoms with van der Waals surface area (Å²) in [6, 6.07) is 2.65. The maximum absolute atomic E-state index is 13.5. The van der Waals surface area contributed by atoms with Gasteiger partial charge in [0.2, 0.25) is 0 Å². The topological polar surface area (TPSA) is 79.0 Å². The number of aromatic nitrogens is 2. The van der Waals surface area contributed by atoms with E-state index in [1.54, 1.807) is 11.6 Å². The Morgan fingerprint density at radius 2 is 1.90 bits per heavy atom. The zero-order valence-corrected chi connectivity index (χ0v) is 13.0. The van der Waals surface area contributed by atoms with Gasteiger partial charge >= 0.3 is 5.69 Å². The molecule has 0 saturated heterocycles. The minimum absolute atomic E-state index is 0.0933. The van der Waals surface area contributed by atoms with Gasteiger partial charge in [-0.1, -0.05) is 0 Å². The van der Waals surface area contributed by atoms with Crippen LogP contribution in [0.15, 0.2) is 21.4 Å². The predicted octanol–water partition coefficient (Wildman–Crippen LogP) is 2.50. The van der Waals surface area contributed by atoms with Crippen LogP contribution >= 0.6 is 15.9 Å². The average molecular weight is 343 g/mol. The van der Waals surface area contributed by atoms with Crippen LogP contribution in [0.3, 0.4) is 0 Å². The minimum atomic E-state index is -0.459. The van der Waals surface area contributed by atoms with E-state index in [-0.39, 0.29) is 21.9 Å². The molecule has 0 fully saturated rings. The van der Waals surface area contributed by atoms with Gasteiger partial charge in [0.1, 0.15) is 11.6 Å². The SMILES string of the molecule is CC(C)n1c(-c2cc(Br)c(F)cc2N)c(N)n(C)c1=O. The monoisotopic (exact) mass is 342 g/mol. The lowest BCUT2D eigenvalue weighted by Crippen LogP contribution is -2.24. The molecule has 1 aromatic heterocycles. The van der Waals surface area contributed by atoms with Gasteiger partial charge in [0, 0.05) is 24.3 Å². The Morgan fingerprint density at radius 3 is 2.45 bits per heavy atom. The molecule has 1 heterocycles. The fraction of sp³-hybridized carbons (Fsp3) is 0.308. The summed E-state index contributed by atoms with van der Waals surface area (Å²) in [6.07, 6.45) is 0. The highest BCUT2D eigenvalue weighted by Crippen LogP contribution is 2.34. The standard InChI is InChI=1S/C13H16BrFN4O/c1-6(2)19-11(12(17)18(3)13(19)20)7-4-8(14)9(15)5-10(7)16/h4-6H,16-17H2,1-3H3. The van der Waals surface area contributed by atoms with Crippen molar-refractivity contribution in [2.45, 2.75) is 19.9 Å². The number of benzene rings is 1. The van der Waals surface area contributed by atoms with Crippen molar-refractivity contribution in [2.75, 3.05) is 11.5 Å². The van der Waals surface area contributed by atoms with E-state index in [0.717, 1.165) is 0 Å². The molecule has 0 saturated carbocycles. The number of nitrogens with two attached hydrogens (primary N) is 2. The highest BCUT2D eigenvalue weighted by atomic mass is 79.9. The van der Waals surface area contributed by atoms with Gasteiger partial charge in [-0.05, 0) is 41.9 Å². The van der Waals surface area contributed by atoms with Gasteiger partial charge in [-0.3, -0.25) is 9.13 Å². The fourth-order valence-corrected chi connectivity index (χ4v) is 2.50. The van der Waals surface area contributed by atoms with E-state index in [4.69, 9.17) is 11.5 Å². The molecular formula is C13H16BrFN4O. The van der Waals surface area contributed by atoms with Gasteiger partial charge in [-0.2, -0.15) is 0 Å². The lowest BCUT2D eigenvalue weighted by Gasteiger charge is -2.14. The molecule has 0 radical (unpaired) electrons. The number of anilines is 2. The molecule has 7 heteroatoms. The van der Waals surface area contributed by atoms with E-state index in [1.165, 1.54) is 16.7 Å². The molecule has 0 aliphatic carbocycles. The highest BCUT2D eigenvalue weighted by molar-refractivity contribution is 9.10. The van der Waals surface area contributed by atoms with Crippen LogP contribution in [0.1, 0.15) is 19.9 Å². The molecule has 0 aliphatic heterocycles. The van der Waals surface area contributed by atoms with Crippen LogP contribution in [0.4, 0.5) is 15.9 Å². The number of halogens is 2. The van der Waals surface area contributed by atoms with Crippen LogP contribution in [0, 0.1) is 5.82 Å². The average Bonchev–Trinajstić information content (AvgIpc) is 2.58. The lowest BCUT2D eigenvalue weighted by atomic mass is 10.1. The maximum atomic E-state index is 13.5. The first-order chi connectivity index (χ1) is 9.25. The van der Waals surface area contributed by atoms with E-state index in [2.05, 4.69) is 15.9 Å². The van der Waals surface area contributed by atoms with E-state index in [0.29, 0.717) is 17.1 Å². The van der Waals surface area contributed by atoms with Crippen molar-refractivity contribution in [3.63, 3.8) is 0 Å². The van der Waals surface area contributed by atoms with Crippen LogP contribution in [-0.2, 0) is 7.05 Å². The van der Waals surface area contributed by atoms with Crippen molar-refractivity contribution >= 4 is 27.4 Å². The molecule has 0 amide bonds. The summed E-state index contributed by atoms with van der Waals surface area (Å²) in [5, 5.41) is 0. The predicted molar refractivity (Wildman–Crippen MR) is 82.0 cm³/mol. The molecule has 5 nitrogen and oxygen atoms in total. The van der Waals surface area contributed by atoms with Crippen LogP contribution in [-0.4, -0.2) is 9.13 Å². The first kappa shape index (κ1) is 14.6. The summed E-state index contributed by atoms with van der Waals surface area (Å²) >= 11 is 3.12. The van der Waals surface area contributed by atoms with E-state index >= 15 is 0 Å². The summed E-state index contributed by atoms with van der Waals surface area (Å²) in [7, 11) is 1.59. The van der Waals surface area contributed by atoms with Crippen molar-refractivity contribution in [2.24, 2.45) is 7.05 Å². The third kappa shape index (κ3) is 2.11. The van der Waals surface area contributed by atoms with Crippen LogP contribution < -0.4 is 17.2 Å². The number of imidazole rings is 1. The first-order valence-corrected chi connectivity index (χ1v) is 6.86. The molecule has 0 aliphatic rings. The minimum Gasteiger partial charge on any atom is -0.398 e. The lowest BCUT2D eigenvalue weighted by molar-refractivity contribution is 0.572. The summed E-state index contributed by atoms with van der Waals surface area (Å²) in [5.41, 5.74) is 12.9. The largest absolute Gasteiger partial charge is 0.398 e. The number of nitrogens with zero attached hydrogens (tertiary/aromatic N) is 2. The first-order valence-electron chi connectivity index (χ1n) is 6.07. The Morgan fingerprint density at radius 1 is 1.30 bits per heavy atom. The second kappa shape index (κ2) is 4.97. The molecule has 0 bridgehead atoms. The highest BCUT2D eigenvalue weighted by Gasteiger charge is 2.21. The molecule has 2 aromatic rings. The van der Waals surface area contributed by atoms with Crippen LogP contribution in [0.25, 0.3) is 11.3 Å². The van der Waals surface area contributed by atoms with Crippen molar-refractivity contribution in [3.05, 3.63) is 32.9 Å². The molecule has 20 heavy (non-hydrogen) atoms. The van der Waals surface area contributed by atoms with Gasteiger partial charge < -0.3 is 11.5 Å². The molecule has 0 atom stereocenters. The van der Waals surface area contributed by atoms with Gasteiger partial charge in [0.25, 0.3) is 0 Å². The summed E-state index contributed by atoms with van der Waals surface area (Å²) in [5.74, 6) is -0.159. The third-order valence-electron chi connectivity index (χ3n) is 3.20. The van der Waals surface area contributed by atoms with Gasteiger partial charge in [0.05, 0.1) is 10.2 Å². The normalized spacial score (nSPS) is 11.3. The van der Waals surface area contributed by atoms with Crippen LogP contribution in [0.2, 0.25) is 0 Å². The van der Waals surface area contributed by atoms with Crippen molar-refractivity contribution in [3.8, 4) is 11.3 Å². The second-order valence-corrected chi connectivity index (χ2v) is 5.75. The maximum Gasteiger partial charge on any atom is 0.330 e. The molecule has 0 unspecified atom stereocenters. The number of hydrogen-bond donors (Lipinski definition) is 2. The number of rotatable bonds is 2. The van der Waals surface area contributed by atoms with E-state index < -0.39 is 5.82 Å². The summed E-state index contributed by atoms with van der Waals surface area (Å²) in [4.78, 5) is 12.2. The third-order valence-corrected chi connectivity index (χ3v) is 3.81. The Hall–Kier alpha value is -1.76. The molecular weight excluding hydrogens is 327 g/mol.